The van der Waals surface area contributed by atoms with Crippen LogP contribution in [0.5, 0.6) is 0 Å². The minimum atomic E-state index is -0.134. The van der Waals surface area contributed by atoms with Crippen LogP contribution in [0.25, 0.3) is 9.40 Å². The van der Waals surface area contributed by atoms with Crippen molar-refractivity contribution in [3.8, 4) is 0 Å². The van der Waals surface area contributed by atoms with Gasteiger partial charge in [0.25, 0.3) is 0 Å². The first-order chi connectivity index (χ1) is 22.8. The molecule has 0 unspecified atom stereocenters. The van der Waals surface area contributed by atoms with Crippen molar-refractivity contribution < 1.29 is 17.1 Å². The first-order valence-corrected chi connectivity index (χ1v) is 22.5. The van der Waals surface area contributed by atoms with Gasteiger partial charge in [-0.05, 0) is 25.1 Å². The Morgan fingerprint density at radius 2 is 0.854 bits per heavy atom. The number of fused-ring (bicyclic) bond motifs is 1. The summed E-state index contributed by atoms with van der Waals surface area (Å²) in [5, 5.41) is 6.01. The first-order valence-electron chi connectivity index (χ1n) is 20.8. The summed E-state index contributed by atoms with van der Waals surface area (Å²) in [4.78, 5) is 0. The third kappa shape index (κ3) is 22.6. The molecule has 0 amide bonds. The largest absolute Gasteiger partial charge is 2.00 e. The zero-order valence-corrected chi connectivity index (χ0v) is 36.1. The van der Waals surface area contributed by atoms with E-state index in [1.165, 1.54) is 208 Å². The maximum atomic E-state index is 6.77. The number of hydrogen-bond acceptors (Lipinski definition) is 3. The molecule has 0 atom stereocenters. The van der Waals surface area contributed by atoms with Gasteiger partial charge >= 0.3 is 23.1 Å². The van der Waals surface area contributed by atoms with Gasteiger partial charge in [-0.2, -0.15) is 0 Å². The van der Waals surface area contributed by atoms with Crippen molar-refractivity contribution in [3.05, 3.63) is 22.4 Å². The Labute approximate surface area is 330 Å². The molecule has 48 heavy (non-hydrogen) atoms. The molecule has 0 saturated heterocycles. The summed E-state index contributed by atoms with van der Waals surface area (Å²) in [5.41, 5.74) is 1.25. The molecule has 276 valence electrons. The summed E-state index contributed by atoms with van der Waals surface area (Å²) in [7, 11) is 0. The van der Waals surface area contributed by atoms with Crippen LogP contribution in [0.2, 0.25) is 0 Å². The molecule has 0 aromatic carbocycles. The maximum Gasteiger partial charge on any atom is 2.00 e. The second-order valence-corrected chi connectivity index (χ2v) is 16.3. The summed E-state index contributed by atoms with van der Waals surface area (Å²) in [6.07, 6.45) is 44.9. The van der Waals surface area contributed by atoms with Crippen LogP contribution in [0.4, 0.5) is 0 Å². The fraction of sp³-hybridized carbons (Fsp3) is 0.860. The van der Waals surface area contributed by atoms with Crippen LogP contribution in [-0.2, 0) is 10.3 Å². The van der Waals surface area contributed by atoms with Gasteiger partial charge in [-0.1, -0.05) is 206 Å². The van der Waals surface area contributed by atoms with E-state index in [2.05, 4.69) is 37.6 Å². The molecule has 0 fully saturated rings. The molecule has 0 aliphatic heterocycles. The molecule has 0 saturated carbocycles. The molecule has 0 N–H and O–H groups in total. The van der Waals surface area contributed by atoms with E-state index in [0.717, 1.165) is 19.4 Å². The van der Waals surface area contributed by atoms with E-state index in [0.29, 0.717) is 0 Å². The van der Waals surface area contributed by atoms with Crippen LogP contribution >= 0.6 is 22.7 Å². The second kappa shape index (κ2) is 34.7. The van der Waals surface area contributed by atoms with E-state index in [1.807, 2.05) is 11.3 Å². The zero-order chi connectivity index (χ0) is 32.8. The summed E-state index contributed by atoms with van der Waals surface area (Å²) >= 11 is 3.71. The number of hydrogen-bond donors (Lipinski definition) is 0. The third-order valence-corrected chi connectivity index (χ3v) is 12.3. The molecule has 1 nitrogen and oxygen atoms in total. The predicted molar refractivity (Wildman–Crippen MR) is 217 cm³/mol. The van der Waals surface area contributed by atoms with Crippen molar-refractivity contribution >= 4 is 55.1 Å². The van der Waals surface area contributed by atoms with Gasteiger partial charge in [0, 0.05) is 6.61 Å². The molecule has 2 aromatic rings. The van der Waals surface area contributed by atoms with Gasteiger partial charge in [-0.3, -0.25) is 11.3 Å². The number of rotatable bonds is 35. The van der Waals surface area contributed by atoms with Gasteiger partial charge in [0.1, 0.15) is 0 Å². The summed E-state index contributed by atoms with van der Waals surface area (Å²) in [6, 6.07) is 2.28. The topological polar surface area (TPSA) is 9.23 Å². The van der Waals surface area contributed by atoms with Gasteiger partial charge in [-0.25, -0.2) is 11.3 Å². The van der Waals surface area contributed by atoms with Crippen LogP contribution in [0.3, 0.4) is 0 Å². The van der Waals surface area contributed by atoms with E-state index in [9.17, 15) is 0 Å². The van der Waals surface area contributed by atoms with E-state index in [-0.39, 0.29) is 41.1 Å². The van der Waals surface area contributed by atoms with E-state index in [1.54, 1.807) is 11.3 Å². The number of ether oxygens (including phenoxy) is 1. The predicted octanol–water partition coefficient (Wildman–Crippen LogP) is 13.1. The first kappa shape index (κ1) is 48.7. The van der Waals surface area contributed by atoms with E-state index >= 15 is 0 Å². The average Bonchev–Trinajstić information content (AvgIpc) is 3.69. The summed E-state index contributed by atoms with van der Waals surface area (Å²) in [6.45, 7) is 7.62. The van der Waals surface area contributed by atoms with E-state index < -0.39 is 0 Å². The number of halogens is 1. The molecule has 0 aliphatic rings. The van der Waals surface area contributed by atoms with Crippen molar-refractivity contribution in [2.45, 2.75) is 232 Å². The smallest absolute Gasteiger partial charge is 1.00 e. The minimum absolute atomic E-state index is 0. The monoisotopic (exact) mass is 732 g/mol. The molecule has 0 spiro atoms. The standard InChI is InChI=1S/C43H77OS2.ClH.Mg/c1-4-7-9-11-13-15-17-19-21-23-25-27-29-31-33-36-43(44-6-3,40-39-46-41-35-38-45-42(40)41)37-34-32-30-28-26-24-22-20-18-16-14-12-10-8-5-2;;/h35,38H,4-34,36-37H2,1-3H3;1H;/q-1;;+2/p-1. The van der Waals surface area contributed by atoms with Crippen LogP contribution < -0.4 is 12.4 Å². The maximum absolute atomic E-state index is 6.77. The molecule has 2 rings (SSSR count). The van der Waals surface area contributed by atoms with Crippen molar-refractivity contribution in [1.29, 1.82) is 0 Å². The molecule has 2 aromatic heterocycles. The van der Waals surface area contributed by atoms with Crippen LogP contribution in [0, 0.1) is 5.38 Å². The second-order valence-electron chi connectivity index (χ2n) is 14.5. The number of thiophene rings is 2. The van der Waals surface area contributed by atoms with Gasteiger partial charge in [0.05, 0.1) is 5.60 Å². The molecular formula is C43H77ClMgOS2. The fourth-order valence-electron chi connectivity index (χ4n) is 7.44. The quantitative estimate of drug-likeness (QED) is 0.0389. The van der Waals surface area contributed by atoms with Crippen LogP contribution in [0.15, 0.2) is 11.4 Å². The van der Waals surface area contributed by atoms with Crippen molar-refractivity contribution in [3.63, 3.8) is 0 Å². The fourth-order valence-corrected chi connectivity index (χ4v) is 9.57. The van der Waals surface area contributed by atoms with Crippen LogP contribution in [-0.4, -0.2) is 29.7 Å². The van der Waals surface area contributed by atoms with Gasteiger partial charge < -0.3 is 17.1 Å². The Kier molecular flexibility index (Phi) is 35.2. The Morgan fingerprint density at radius 3 is 1.19 bits per heavy atom. The Bertz CT molecular complexity index is 878. The molecule has 0 radical (unpaired) electrons. The summed E-state index contributed by atoms with van der Waals surface area (Å²) < 4.78 is 9.62. The minimum Gasteiger partial charge on any atom is -1.00 e. The van der Waals surface area contributed by atoms with E-state index in [4.69, 9.17) is 4.74 Å². The Hall–Kier alpha value is 0.676. The summed E-state index contributed by atoms with van der Waals surface area (Å²) in [5.74, 6) is 0. The van der Waals surface area contributed by atoms with Crippen LogP contribution in [0.1, 0.15) is 232 Å². The molecule has 5 heteroatoms. The van der Waals surface area contributed by atoms with Crippen molar-refractivity contribution in [2.24, 2.45) is 0 Å². The molecule has 0 aliphatic carbocycles. The third-order valence-electron chi connectivity index (χ3n) is 10.4. The van der Waals surface area contributed by atoms with Gasteiger partial charge in [-0.15, -0.1) is 26.4 Å². The molecular weight excluding hydrogens is 656 g/mol. The normalized spacial score (nSPS) is 11.6. The Balaban J connectivity index is 0.0000110. The van der Waals surface area contributed by atoms with Gasteiger partial charge in [0.15, 0.2) is 0 Å². The average molecular weight is 734 g/mol. The van der Waals surface area contributed by atoms with Crippen molar-refractivity contribution in [1.82, 2.24) is 0 Å². The molecule has 2 heterocycles. The van der Waals surface area contributed by atoms with Crippen molar-refractivity contribution in [2.75, 3.05) is 6.61 Å². The zero-order valence-electron chi connectivity index (χ0n) is 32.3. The SMILES string of the molecule is CCCCCCCCCCCCCCCCCC(CCCCCCCCCCCCCCCCC)(OCC)c1[c-]sc2ccsc12.[Cl-].[Mg+2]. The number of unbranched alkanes of at least 4 members (excludes halogenated alkanes) is 28. The Morgan fingerprint density at radius 1 is 0.521 bits per heavy atom. The molecule has 0 bridgehead atoms. The van der Waals surface area contributed by atoms with Gasteiger partial charge in [0.2, 0.25) is 0 Å².